The van der Waals surface area contributed by atoms with Gasteiger partial charge in [-0.3, -0.25) is 0 Å². The molecule has 0 bridgehead atoms. The number of rotatable bonds is 5. The Morgan fingerprint density at radius 1 is 1.58 bits per heavy atom. The van der Waals surface area contributed by atoms with Crippen molar-refractivity contribution in [3.63, 3.8) is 0 Å². The van der Waals surface area contributed by atoms with Crippen LogP contribution in [0, 0.1) is 0 Å². The Labute approximate surface area is 79.4 Å². The summed E-state index contributed by atoms with van der Waals surface area (Å²) in [6, 6.07) is 0. The second-order valence-corrected chi connectivity index (χ2v) is 4.58. The van der Waals surface area contributed by atoms with E-state index >= 15 is 0 Å². The van der Waals surface area contributed by atoms with E-state index in [1.807, 2.05) is 7.05 Å². The smallest absolute Gasteiger partial charge is 0.0666 e. The van der Waals surface area contributed by atoms with E-state index < -0.39 is 0 Å². The molecule has 2 unspecified atom stereocenters. The van der Waals surface area contributed by atoms with Gasteiger partial charge in [0.1, 0.15) is 0 Å². The normalized spacial score (nSPS) is 29.5. The number of ether oxygens (including phenoxy) is 1. The van der Waals surface area contributed by atoms with Crippen LogP contribution in [0.15, 0.2) is 0 Å². The molecule has 12 heavy (non-hydrogen) atoms. The maximum atomic E-state index is 5.49. The molecule has 2 nitrogen and oxygen atoms in total. The van der Waals surface area contributed by atoms with E-state index in [0.717, 1.165) is 18.4 Å². The van der Waals surface area contributed by atoms with Crippen molar-refractivity contribution in [1.29, 1.82) is 0 Å². The van der Waals surface area contributed by atoms with Crippen LogP contribution in [-0.2, 0) is 4.74 Å². The van der Waals surface area contributed by atoms with Gasteiger partial charge >= 0.3 is 0 Å². The van der Waals surface area contributed by atoms with Crippen molar-refractivity contribution in [2.45, 2.75) is 31.1 Å². The summed E-state index contributed by atoms with van der Waals surface area (Å²) in [5.41, 5.74) is 0. The fourth-order valence-electron chi connectivity index (χ4n) is 1.41. The Bertz CT molecular complexity index is 121. The highest BCUT2D eigenvalue weighted by Gasteiger charge is 2.23. The molecule has 0 aromatic heterocycles. The zero-order valence-corrected chi connectivity index (χ0v) is 8.82. The summed E-state index contributed by atoms with van der Waals surface area (Å²) in [6.45, 7) is 4.28. The maximum absolute atomic E-state index is 5.49. The van der Waals surface area contributed by atoms with E-state index in [4.69, 9.17) is 4.74 Å². The molecule has 0 spiro atoms. The Hall–Kier alpha value is 0.270. The van der Waals surface area contributed by atoms with Crippen LogP contribution in [0.3, 0.4) is 0 Å². The van der Waals surface area contributed by atoms with Gasteiger partial charge in [0.15, 0.2) is 0 Å². The zero-order chi connectivity index (χ0) is 8.81. The van der Waals surface area contributed by atoms with Crippen LogP contribution >= 0.6 is 11.8 Å². The van der Waals surface area contributed by atoms with Crippen LogP contribution < -0.4 is 5.32 Å². The minimum atomic E-state index is 0.476. The molecule has 0 amide bonds. The molecule has 3 heteroatoms. The van der Waals surface area contributed by atoms with E-state index in [2.05, 4.69) is 24.0 Å². The molecule has 0 aliphatic carbocycles. The lowest BCUT2D eigenvalue weighted by atomic mass is 10.3. The van der Waals surface area contributed by atoms with Crippen molar-refractivity contribution in [2.75, 3.05) is 26.0 Å². The molecule has 1 N–H and O–H groups in total. The van der Waals surface area contributed by atoms with Crippen LogP contribution in [0.5, 0.6) is 0 Å². The Morgan fingerprint density at radius 2 is 2.42 bits per heavy atom. The molecule has 1 aliphatic heterocycles. The quantitative estimate of drug-likeness (QED) is 0.662. The second-order valence-electron chi connectivity index (χ2n) is 3.23. The zero-order valence-electron chi connectivity index (χ0n) is 8.01. The lowest BCUT2D eigenvalue weighted by molar-refractivity contribution is 0.127. The van der Waals surface area contributed by atoms with Crippen LogP contribution in [0.2, 0.25) is 0 Å². The predicted molar refractivity (Wildman–Crippen MR) is 54.8 cm³/mol. The van der Waals surface area contributed by atoms with Crippen molar-refractivity contribution in [3.05, 3.63) is 0 Å². The summed E-state index contributed by atoms with van der Waals surface area (Å²) in [6.07, 6.45) is 2.99. The van der Waals surface area contributed by atoms with Crippen LogP contribution in [0.25, 0.3) is 0 Å². The predicted octanol–water partition coefficient (Wildman–Crippen LogP) is 1.51. The highest BCUT2D eigenvalue weighted by molar-refractivity contribution is 7.99. The second kappa shape index (κ2) is 5.84. The van der Waals surface area contributed by atoms with Gasteiger partial charge in [-0.1, -0.05) is 0 Å². The molecule has 72 valence electrons. The molecular weight excluding hydrogens is 170 g/mol. The van der Waals surface area contributed by atoms with Gasteiger partial charge < -0.3 is 10.1 Å². The summed E-state index contributed by atoms with van der Waals surface area (Å²) >= 11 is 2.07. The first-order valence-corrected chi connectivity index (χ1v) is 5.77. The number of hydrogen-bond donors (Lipinski definition) is 1. The van der Waals surface area contributed by atoms with Gasteiger partial charge in [0, 0.05) is 11.9 Å². The molecule has 0 radical (unpaired) electrons. The van der Waals surface area contributed by atoms with Crippen molar-refractivity contribution in [3.8, 4) is 0 Å². The molecule has 0 aromatic rings. The molecule has 1 heterocycles. The van der Waals surface area contributed by atoms with E-state index in [-0.39, 0.29) is 0 Å². The Kier molecular flexibility index (Phi) is 5.04. The largest absolute Gasteiger partial charge is 0.377 e. The summed E-state index contributed by atoms with van der Waals surface area (Å²) in [5.74, 6) is 1.26. The summed E-state index contributed by atoms with van der Waals surface area (Å²) < 4.78 is 5.49. The van der Waals surface area contributed by atoms with E-state index in [0.29, 0.717) is 6.10 Å². The number of hydrogen-bond acceptors (Lipinski definition) is 3. The van der Waals surface area contributed by atoms with Crippen molar-refractivity contribution in [1.82, 2.24) is 5.32 Å². The van der Waals surface area contributed by atoms with Crippen LogP contribution in [0.1, 0.15) is 19.8 Å². The third kappa shape index (κ3) is 3.33. The van der Waals surface area contributed by atoms with Crippen LogP contribution in [0.4, 0.5) is 0 Å². The topological polar surface area (TPSA) is 21.3 Å². The Morgan fingerprint density at radius 3 is 3.00 bits per heavy atom. The third-order valence-corrected chi connectivity index (χ3v) is 3.78. The number of nitrogens with one attached hydrogen (secondary N) is 1. The number of thioether (sulfide) groups is 1. The van der Waals surface area contributed by atoms with Gasteiger partial charge in [-0.2, -0.15) is 11.8 Å². The van der Waals surface area contributed by atoms with Crippen molar-refractivity contribution < 1.29 is 4.74 Å². The van der Waals surface area contributed by atoms with E-state index in [9.17, 15) is 0 Å². The molecular formula is C9H19NOS. The lowest BCUT2D eigenvalue weighted by Crippen LogP contribution is -2.15. The first kappa shape index (κ1) is 10.4. The van der Waals surface area contributed by atoms with Crippen molar-refractivity contribution >= 4 is 11.8 Å². The first-order valence-electron chi connectivity index (χ1n) is 4.72. The van der Waals surface area contributed by atoms with Gasteiger partial charge in [0.25, 0.3) is 0 Å². The average Bonchev–Trinajstić information content (AvgIpc) is 2.46. The van der Waals surface area contributed by atoms with Gasteiger partial charge in [-0.25, -0.2) is 0 Å². The maximum Gasteiger partial charge on any atom is 0.0666 e. The molecule has 2 atom stereocenters. The minimum absolute atomic E-state index is 0.476. The highest BCUT2D eigenvalue weighted by Crippen LogP contribution is 2.26. The van der Waals surface area contributed by atoms with Crippen LogP contribution in [-0.4, -0.2) is 37.3 Å². The molecule has 0 aromatic carbocycles. The fourth-order valence-corrected chi connectivity index (χ4v) is 2.64. The van der Waals surface area contributed by atoms with E-state index in [1.165, 1.54) is 18.6 Å². The van der Waals surface area contributed by atoms with Gasteiger partial charge in [-0.05, 0) is 39.1 Å². The SMILES string of the molecule is CNCCCSC1CCOC1C. The highest BCUT2D eigenvalue weighted by atomic mass is 32.2. The van der Waals surface area contributed by atoms with E-state index in [1.54, 1.807) is 0 Å². The summed E-state index contributed by atoms with van der Waals surface area (Å²) in [5, 5.41) is 3.91. The van der Waals surface area contributed by atoms with Gasteiger partial charge in [0.2, 0.25) is 0 Å². The molecule has 0 saturated carbocycles. The van der Waals surface area contributed by atoms with Crippen molar-refractivity contribution in [2.24, 2.45) is 0 Å². The monoisotopic (exact) mass is 189 g/mol. The molecule has 1 saturated heterocycles. The molecule has 1 fully saturated rings. The summed E-state index contributed by atoms with van der Waals surface area (Å²) in [4.78, 5) is 0. The molecule has 1 aliphatic rings. The van der Waals surface area contributed by atoms with Gasteiger partial charge in [-0.15, -0.1) is 0 Å². The third-order valence-electron chi connectivity index (χ3n) is 2.21. The first-order chi connectivity index (χ1) is 5.84. The summed E-state index contributed by atoms with van der Waals surface area (Å²) in [7, 11) is 2.01. The van der Waals surface area contributed by atoms with Gasteiger partial charge in [0.05, 0.1) is 6.10 Å². The molecule has 1 rings (SSSR count). The fraction of sp³-hybridized carbons (Fsp3) is 1.00. The Balaban J connectivity index is 1.98. The average molecular weight is 189 g/mol. The lowest BCUT2D eigenvalue weighted by Gasteiger charge is -2.12. The standard InChI is InChI=1S/C9H19NOS/c1-8-9(4-6-11-8)12-7-3-5-10-2/h8-10H,3-7H2,1-2H3. The minimum Gasteiger partial charge on any atom is -0.377 e.